The SMILES string of the molecule is C[C@]12CC[C@@H]3c4ccc(OC(=O)N5CCC(N6CCCCC6)CC5)cc4C[C@@H](C[S+]([O-])F)[C@H]3[C@@H]1CCC2O. The summed E-state index contributed by atoms with van der Waals surface area (Å²) in [6.07, 6.45) is 9.60. The fourth-order valence-electron chi connectivity index (χ4n) is 8.99. The van der Waals surface area contributed by atoms with Crippen molar-refractivity contribution in [2.24, 2.45) is 23.2 Å². The first-order valence-corrected chi connectivity index (χ1v) is 16.1. The fraction of sp³-hybridized carbons (Fsp3) is 0.767. The van der Waals surface area contributed by atoms with Gasteiger partial charge in [0.25, 0.3) is 0 Å². The normalized spacial score (nSPS) is 36.7. The maximum absolute atomic E-state index is 13.9. The number of carbonyl (C=O) groups is 1. The van der Waals surface area contributed by atoms with Crippen molar-refractivity contribution in [2.45, 2.75) is 89.2 Å². The van der Waals surface area contributed by atoms with Crippen LogP contribution in [0.5, 0.6) is 5.75 Å². The van der Waals surface area contributed by atoms with E-state index in [4.69, 9.17) is 4.74 Å². The Morgan fingerprint density at radius 3 is 2.63 bits per heavy atom. The molecule has 3 aliphatic carbocycles. The van der Waals surface area contributed by atoms with Crippen LogP contribution in [0.15, 0.2) is 18.2 Å². The zero-order chi connectivity index (χ0) is 26.4. The van der Waals surface area contributed by atoms with Crippen LogP contribution in [-0.2, 0) is 18.0 Å². The highest BCUT2D eigenvalue weighted by molar-refractivity contribution is 7.86. The van der Waals surface area contributed by atoms with Crippen molar-refractivity contribution < 1.29 is 23.1 Å². The zero-order valence-corrected chi connectivity index (χ0v) is 23.5. The molecule has 210 valence electrons. The minimum atomic E-state index is -2.37. The molecule has 1 amide bonds. The van der Waals surface area contributed by atoms with Gasteiger partial charge in [-0.3, -0.25) is 0 Å². The molecule has 7 atom stereocenters. The summed E-state index contributed by atoms with van der Waals surface area (Å²) in [5, 5.41) is 10.8. The van der Waals surface area contributed by atoms with Crippen molar-refractivity contribution in [3.8, 4) is 5.75 Å². The highest BCUT2D eigenvalue weighted by Gasteiger charge is 2.57. The highest BCUT2D eigenvalue weighted by atomic mass is 32.3. The van der Waals surface area contributed by atoms with Gasteiger partial charge in [-0.15, -0.1) is 0 Å². The molecule has 2 unspecified atom stereocenters. The summed E-state index contributed by atoms with van der Waals surface area (Å²) < 4.78 is 31.5. The minimum absolute atomic E-state index is 0.0342. The molecule has 6 rings (SSSR count). The Kier molecular flexibility index (Phi) is 7.71. The number of ether oxygens (including phenoxy) is 1. The average Bonchev–Trinajstić information content (AvgIpc) is 3.22. The molecule has 2 heterocycles. The lowest BCUT2D eigenvalue weighted by atomic mass is 9.53. The van der Waals surface area contributed by atoms with Crippen molar-refractivity contribution in [1.29, 1.82) is 0 Å². The number of nitrogens with zero attached hydrogens (tertiary/aromatic N) is 2. The number of halogens is 1. The van der Waals surface area contributed by atoms with Crippen molar-refractivity contribution >= 4 is 17.7 Å². The zero-order valence-electron chi connectivity index (χ0n) is 22.7. The quantitative estimate of drug-likeness (QED) is 0.525. The van der Waals surface area contributed by atoms with Crippen LogP contribution in [0, 0.1) is 23.2 Å². The molecule has 1 N–H and O–H groups in total. The topological polar surface area (TPSA) is 76.1 Å². The molecule has 0 radical (unpaired) electrons. The van der Waals surface area contributed by atoms with Gasteiger partial charge in [0, 0.05) is 28.9 Å². The second kappa shape index (κ2) is 10.9. The Morgan fingerprint density at radius 2 is 1.89 bits per heavy atom. The van der Waals surface area contributed by atoms with Crippen LogP contribution in [0.2, 0.25) is 0 Å². The third kappa shape index (κ3) is 4.99. The van der Waals surface area contributed by atoms with Crippen LogP contribution in [-0.4, -0.2) is 69.6 Å². The maximum atomic E-state index is 13.9. The Hall–Kier alpha value is -1.35. The molecule has 4 fully saturated rings. The van der Waals surface area contributed by atoms with Crippen molar-refractivity contribution in [3.05, 3.63) is 29.3 Å². The molecule has 1 aromatic rings. The number of amides is 1. The maximum Gasteiger partial charge on any atom is 0.415 e. The summed E-state index contributed by atoms with van der Waals surface area (Å²) in [5.74, 6) is 1.37. The van der Waals surface area contributed by atoms with Gasteiger partial charge in [0.05, 0.1) is 6.10 Å². The van der Waals surface area contributed by atoms with Crippen LogP contribution >= 0.6 is 0 Å². The number of carbonyl (C=O) groups excluding carboxylic acids is 1. The average molecular weight is 547 g/mol. The van der Waals surface area contributed by atoms with Gasteiger partial charge >= 0.3 is 6.09 Å². The number of aliphatic hydroxyl groups excluding tert-OH is 1. The van der Waals surface area contributed by atoms with E-state index in [1.54, 1.807) is 0 Å². The number of fused-ring (bicyclic) bond motifs is 5. The summed E-state index contributed by atoms with van der Waals surface area (Å²) in [6, 6.07) is 6.57. The van der Waals surface area contributed by atoms with E-state index in [1.165, 1.54) is 37.9 Å². The van der Waals surface area contributed by atoms with Crippen LogP contribution < -0.4 is 4.74 Å². The fourth-order valence-corrected chi connectivity index (χ4v) is 9.67. The molecule has 2 aliphatic heterocycles. The van der Waals surface area contributed by atoms with E-state index >= 15 is 0 Å². The lowest BCUT2D eigenvalue weighted by molar-refractivity contribution is -0.0352. The summed E-state index contributed by atoms with van der Waals surface area (Å²) in [6.45, 7) is 6.02. The number of aliphatic hydroxyl groups is 1. The Bertz CT molecular complexity index is 1010. The van der Waals surface area contributed by atoms with E-state index in [0.717, 1.165) is 57.2 Å². The van der Waals surface area contributed by atoms with E-state index in [0.29, 0.717) is 24.1 Å². The molecule has 6 nitrogen and oxygen atoms in total. The van der Waals surface area contributed by atoms with Gasteiger partial charge in [-0.05, 0) is 117 Å². The summed E-state index contributed by atoms with van der Waals surface area (Å²) in [7, 11) is 0. The van der Waals surface area contributed by atoms with Crippen LogP contribution in [0.25, 0.3) is 0 Å². The van der Waals surface area contributed by atoms with Crippen LogP contribution in [0.3, 0.4) is 0 Å². The molecule has 2 saturated carbocycles. The highest BCUT2D eigenvalue weighted by Crippen LogP contribution is 2.62. The first-order valence-electron chi connectivity index (χ1n) is 14.9. The number of hydrogen-bond donors (Lipinski definition) is 1. The molecule has 0 aromatic heterocycles. The summed E-state index contributed by atoms with van der Waals surface area (Å²) >= 11 is -2.37. The molecule has 0 bridgehead atoms. The predicted octanol–water partition coefficient (Wildman–Crippen LogP) is 5.21. The van der Waals surface area contributed by atoms with Gasteiger partial charge in [-0.25, -0.2) is 4.79 Å². The Morgan fingerprint density at radius 1 is 1.13 bits per heavy atom. The Balaban J connectivity index is 1.15. The summed E-state index contributed by atoms with van der Waals surface area (Å²) in [4.78, 5) is 17.5. The van der Waals surface area contributed by atoms with Crippen LogP contribution in [0.4, 0.5) is 8.68 Å². The van der Waals surface area contributed by atoms with Crippen molar-refractivity contribution in [2.75, 3.05) is 31.9 Å². The van der Waals surface area contributed by atoms with E-state index in [9.17, 15) is 18.3 Å². The van der Waals surface area contributed by atoms with E-state index in [2.05, 4.69) is 17.9 Å². The lowest BCUT2D eigenvalue weighted by Crippen LogP contribution is -2.49. The van der Waals surface area contributed by atoms with Crippen molar-refractivity contribution in [1.82, 2.24) is 9.80 Å². The standard InChI is InChI=1S/C30H43FN2O4S/c1-30-12-9-25-24-6-5-23(37-29(35)33-15-10-22(11-16-33)32-13-3-2-4-14-32)18-20(24)17-21(19-38(31)36)28(25)26(30)7-8-27(30)34/h5-6,18,21-22,25-28,34H,2-4,7-17,19H2,1H3/t21-,25+,26-,27?,28+,30-,38?/m0/s1. The Labute approximate surface area is 229 Å². The van der Waals surface area contributed by atoms with E-state index < -0.39 is 11.6 Å². The molecular formula is C30H43FN2O4S. The lowest BCUT2D eigenvalue weighted by Gasteiger charge is -2.52. The first-order chi connectivity index (χ1) is 18.3. The second-order valence-corrected chi connectivity index (χ2v) is 13.8. The van der Waals surface area contributed by atoms with E-state index in [1.807, 2.05) is 17.0 Å². The second-order valence-electron chi connectivity index (χ2n) is 12.9. The van der Waals surface area contributed by atoms with Crippen molar-refractivity contribution in [3.63, 3.8) is 0 Å². The molecule has 0 spiro atoms. The van der Waals surface area contributed by atoms with Gasteiger partial charge in [-0.1, -0.05) is 19.4 Å². The third-order valence-corrected chi connectivity index (χ3v) is 11.7. The molecular weight excluding hydrogens is 503 g/mol. The predicted molar refractivity (Wildman–Crippen MR) is 146 cm³/mol. The molecule has 38 heavy (non-hydrogen) atoms. The van der Waals surface area contributed by atoms with Gasteiger partial charge in [0.1, 0.15) is 11.5 Å². The largest absolute Gasteiger partial charge is 0.581 e. The number of benzene rings is 1. The number of piperidine rings is 2. The monoisotopic (exact) mass is 546 g/mol. The molecule has 2 saturated heterocycles. The molecule has 5 aliphatic rings. The van der Waals surface area contributed by atoms with Gasteiger partial charge in [0.2, 0.25) is 0 Å². The first kappa shape index (κ1) is 26.9. The van der Waals surface area contributed by atoms with Gasteiger partial charge < -0.3 is 24.2 Å². The van der Waals surface area contributed by atoms with E-state index in [-0.39, 0.29) is 41.1 Å². The number of rotatable bonds is 4. The third-order valence-electron chi connectivity index (χ3n) is 11.0. The number of likely N-dealkylation sites (tertiary alicyclic amines) is 2. The smallest absolute Gasteiger partial charge is 0.415 e. The number of hydrogen-bond acceptors (Lipinski definition) is 5. The molecule has 1 aromatic carbocycles. The minimum Gasteiger partial charge on any atom is -0.581 e. The van der Waals surface area contributed by atoms with Gasteiger partial charge in [-0.2, -0.15) is 0 Å². The van der Waals surface area contributed by atoms with Gasteiger partial charge in [0.15, 0.2) is 11.6 Å². The summed E-state index contributed by atoms with van der Waals surface area (Å²) in [5.41, 5.74) is 2.23. The molecule has 8 heteroatoms. The van der Waals surface area contributed by atoms with Crippen LogP contribution in [0.1, 0.15) is 81.8 Å².